The van der Waals surface area contributed by atoms with Crippen LogP contribution in [0.5, 0.6) is 0 Å². The molecular weight excluding hydrogens is 314 g/mol. The van der Waals surface area contributed by atoms with Gasteiger partial charge in [0.2, 0.25) is 0 Å². The minimum atomic E-state index is -0.216. The molecule has 2 aromatic carbocycles. The van der Waals surface area contributed by atoms with Gasteiger partial charge in [0.25, 0.3) is 11.8 Å². The van der Waals surface area contributed by atoms with Crippen molar-refractivity contribution in [1.82, 2.24) is 4.90 Å². The normalized spacial score (nSPS) is 13.8. The van der Waals surface area contributed by atoms with Gasteiger partial charge in [-0.05, 0) is 42.2 Å². The van der Waals surface area contributed by atoms with Gasteiger partial charge in [0.05, 0.1) is 23.0 Å². The summed E-state index contributed by atoms with van der Waals surface area (Å²) >= 11 is 0. The number of nitrogens with one attached hydrogen (secondary N) is 1. The maximum absolute atomic E-state index is 12.5. The molecular formula is C20H21N3O2. The van der Waals surface area contributed by atoms with Gasteiger partial charge in [-0.25, -0.2) is 0 Å². The van der Waals surface area contributed by atoms with Gasteiger partial charge in [-0.1, -0.05) is 38.1 Å². The summed E-state index contributed by atoms with van der Waals surface area (Å²) in [6.07, 6.45) is 2.45. The standard InChI is InChI=1S/C20H21N3O2/c1-14(2)10-11-23-19(24)17-9-8-15(12-18(17)20(23)25)13-21-22-16-6-4-3-5-7-16/h3-9,12-14,22H,10-11H2,1-2H3. The fourth-order valence-electron chi connectivity index (χ4n) is 2.67. The highest BCUT2D eigenvalue weighted by Gasteiger charge is 2.35. The van der Waals surface area contributed by atoms with Gasteiger partial charge in [0, 0.05) is 6.54 Å². The molecule has 0 saturated heterocycles. The highest BCUT2D eigenvalue weighted by atomic mass is 16.2. The molecule has 0 aliphatic carbocycles. The van der Waals surface area contributed by atoms with E-state index in [1.54, 1.807) is 24.4 Å². The number of fused-ring (bicyclic) bond motifs is 1. The van der Waals surface area contributed by atoms with Crippen LogP contribution in [0.4, 0.5) is 5.69 Å². The minimum Gasteiger partial charge on any atom is -0.279 e. The number of nitrogens with zero attached hydrogens (tertiary/aromatic N) is 2. The Kier molecular flexibility index (Phi) is 4.93. The maximum atomic E-state index is 12.5. The Morgan fingerprint density at radius 1 is 1.04 bits per heavy atom. The van der Waals surface area contributed by atoms with Crippen LogP contribution < -0.4 is 5.43 Å². The van der Waals surface area contributed by atoms with E-state index in [1.807, 2.05) is 30.3 Å². The zero-order valence-electron chi connectivity index (χ0n) is 14.4. The summed E-state index contributed by atoms with van der Waals surface area (Å²) in [5, 5.41) is 4.18. The molecule has 0 spiro atoms. The summed E-state index contributed by atoms with van der Waals surface area (Å²) in [6, 6.07) is 14.8. The highest BCUT2D eigenvalue weighted by Crippen LogP contribution is 2.24. The molecule has 0 unspecified atom stereocenters. The Morgan fingerprint density at radius 2 is 1.76 bits per heavy atom. The first-order valence-corrected chi connectivity index (χ1v) is 8.40. The van der Waals surface area contributed by atoms with E-state index >= 15 is 0 Å². The van der Waals surface area contributed by atoms with Gasteiger partial charge in [0.15, 0.2) is 0 Å². The molecule has 0 saturated carbocycles. The second-order valence-electron chi connectivity index (χ2n) is 6.49. The fraction of sp³-hybridized carbons (Fsp3) is 0.250. The molecule has 1 aliphatic rings. The van der Waals surface area contributed by atoms with E-state index in [9.17, 15) is 9.59 Å². The highest BCUT2D eigenvalue weighted by molar-refractivity contribution is 6.21. The summed E-state index contributed by atoms with van der Waals surface area (Å²) in [7, 11) is 0. The fourth-order valence-corrected chi connectivity index (χ4v) is 2.67. The number of imide groups is 1. The lowest BCUT2D eigenvalue weighted by Gasteiger charge is -2.14. The zero-order valence-corrected chi connectivity index (χ0v) is 14.4. The lowest BCUT2D eigenvalue weighted by atomic mass is 10.1. The predicted molar refractivity (Wildman–Crippen MR) is 98.9 cm³/mol. The van der Waals surface area contributed by atoms with Crippen LogP contribution in [-0.2, 0) is 0 Å². The van der Waals surface area contributed by atoms with E-state index in [1.165, 1.54) is 4.90 Å². The van der Waals surface area contributed by atoms with E-state index in [2.05, 4.69) is 24.4 Å². The summed E-state index contributed by atoms with van der Waals surface area (Å²) in [5.74, 6) is 0.0227. The predicted octanol–water partition coefficient (Wildman–Crippen LogP) is 3.77. The van der Waals surface area contributed by atoms with Crippen LogP contribution in [0.3, 0.4) is 0 Å². The molecule has 2 amide bonds. The van der Waals surface area contributed by atoms with Crippen LogP contribution in [0.1, 0.15) is 46.5 Å². The number of carbonyl (C=O) groups excluding carboxylic acids is 2. The quantitative estimate of drug-likeness (QED) is 0.496. The van der Waals surface area contributed by atoms with Gasteiger partial charge < -0.3 is 0 Å². The summed E-state index contributed by atoms with van der Waals surface area (Å²) in [4.78, 5) is 26.2. The summed E-state index contributed by atoms with van der Waals surface area (Å²) in [5.41, 5.74) is 5.51. The third-order valence-electron chi connectivity index (χ3n) is 4.11. The van der Waals surface area contributed by atoms with Gasteiger partial charge in [0.1, 0.15) is 0 Å². The first-order valence-electron chi connectivity index (χ1n) is 8.40. The van der Waals surface area contributed by atoms with Crippen LogP contribution in [0.25, 0.3) is 0 Å². The minimum absolute atomic E-state index is 0.202. The average molecular weight is 335 g/mol. The summed E-state index contributed by atoms with van der Waals surface area (Å²) in [6.45, 7) is 4.61. The Bertz CT molecular complexity index is 813. The molecule has 0 fully saturated rings. The maximum Gasteiger partial charge on any atom is 0.261 e. The topological polar surface area (TPSA) is 61.8 Å². The van der Waals surface area contributed by atoms with Crippen molar-refractivity contribution in [1.29, 1.82) is 0 Å². The van der Waals surface area contributed by atoms with Crippen LogP contribution in [0, 0.1) is 5.92 Å². The first kappa shape index (κ1) is 16.9. The zero-order chi connectivity index (χ0) is 17.8. The smallest absolute Gasteiger partial charge is 0.261 e. The van der Waals surface area contributed by atoms with Crippen molar-refractivity contribution in [2.45, 2.75) is 20.3 Å². The molecule has 1 N–H and O–H groups in total. The summed E-state index contributed by atoms with van der Waals surface area (Å²) < 4.78 is 0. The van der Waals surface area contributed by atoms with Crippen molar-refractivity contribution < 1.29 is 9.59 Å². The number of carbonyl (C=O) groups is 2. The second-order valence-corrected chi connectivity index (χ2v) is 6.49. The van der Waals surface area contributed by atoms with Crippen LogP contribution in [0.2, 0.25) is 0 Å². The van der Waals surface area contributed by atoms with Gasteiger partial charge >= 0.3 is 0 Å². The molecule has 5 heteroatoms. The van der Waals surface area contributed by atoms with Gasteiger partial charge in [-0.3, -0.25) is 19.9 Å². The van der Waals surface area contributed by atoms with Crippen LogP contribution >= 0.6 is 0 Å². The molecule has 25 heavy (non-hydrogen) atoms. The number of rotatable bonds is 6. The van der Waals surface area contributed by atoms with E-state index in [-0.39, 0.29) is 11.8 Å². The van der Waals surface area contributed by atoms with Crippen molar-refractivity contribution >= 4 is 23.7 Å². The number of anilines is 1. The first-order chi connectivity index (χ1) is 12.1. The number of para-hydroxylation sites is 1. The number of benzene rings is 2. The Labute approximate surface area is 147 Å². The van der Waals surface area contributed by atoms with Crippen LogP contribution in [0.15, 0.2) is 53.6 Å². The monoisotopic (exact) mass is 335 g/mol. The van der Waals surface area contributed by atoms with Crippen LogP contribution in [-0.4, -0.2) is 29.5 Å². The lowest BCUT2D eigenvalue weighted by Crippen LogP contribution is -2.31. The van der Waals surface area contributed by atoms with Gasteiger partial charge in [-0.2, -0.15) is 5.10 Å². The molecule has 0 atom stereocenters. The van der Waals surface area contributed by atoms with Gasteiger partial charge in [-0.15, -0.1) is 0 Å². The van der Waals surface area contributed by atoms with Crippen molar-refractivity contribution in [3.8, 4) is 0 Å². The van der Waals surface area contributed by atoms with Crippen molar-refractivity contribution in [3.05, 3.63) is 65.2 Å². The second kappa shape index (κ2) is 7.30. The molecule has 1 aliphatic heterocycles. The van der Waals surface area contributed by atoms with Crippen molar-refractivity contribution in [3.63, 3.8) is 0 Å². The molecule has 2 aromatic rings. The van der Waals surface area contributed by atoms with E-state index in [0.717, 1.165) is 17.7 Å². The molecule has 3 rings (SSSR count). The molecule has 0 radical (unpaired) electrons. The lowest BCUT2D eigenvalue weighted by molar-refractivity contribution is 0.0648. The number of hydrogen-bond acceptors (Lipinski definition) is 4. The Morgan fingerprint density at radius 3 is 2.48 bits per heavy atom. The van der Waals surface area contributed by atoms with Crippen molar-refractivity contribution in [2.24, 2.45) is 11.0 Å². The SMILES string of the molecule is CC(C)CCN1C(=O)c2ccc(C=NNc3ccccc3)cc2C1=O. The van der Waals surface area contributed by atoms with E-state index in [4.69, 9.17) is 0 Å². The molecule has 0 bridgehead atoms. The molecule has 1 heterocycles. The Balaban J connectivity index is 1.73. The molecule has 0 aromatic heterocycles. The third kappa shape index (κ3) is 3.76. The third-order valence-corrected chi connectivity index (χ3v) is 4.11. The van der Waals surface area contributed by atoms with E-state index < -0.39 is 0 Å². The molecule has 5 nitrogen and oxygen atoms in total. The number of amides is 2. The number of hydrogen-bond donors (Lipinski definition) is 1. The largest absolute Gasteiger partial charge is 0.279 e. The Hall–Kier alpha value is -2.95. The van der Waals surface area contributed by atoms with E-state index in [0.29, 0.717) is 23.6 Å². The molecule has 128 valence electrons. The average Bonchev–Trinajstić information content (AvgIpc) is 2.84. The van der Waals surface area contributed by atoms with Crippen molar-refractivity contribution in [2.75, 3.05) is 12.0 Å². The number of hydrazone groups is 1.